The van der Waals surface area contributed by atoms with Crippen LogP contribution in [0.25, 0.3) is 0 Å². The van der Waals surface area contributed by atoms with E-state index in [-0.39, 0.29) is 25.9 Å². The summed E-state index contributed by atoms with van der Waals surface area (Å²) in [5.74, 6) is -1.37. The van der Waals surface area contributed by atoms with Crippen molar-refractivity contribution in [2.45, 2.75) is 19.0 Å². The molecule has 0 aliphatic carbocycles. The second-order valence-corrected chi connectivity index (χ2v) is 6.08. The zero-order chi connectivity index (χ0) is 11.0. The summed E-state index contributed by atoms with van der Waals surface area (Å²) in [6.45, 7) is -4.05. The Morgan fingerprint density at radius 3 is 2.07 bits per heavy atom. The molecule has 1 aliphatic rings. The minimum atomic E-state index is -4.21. The Bertz CT molecular complexity index is 246. The molecule has 0 spiro atoms. The summed E-state index contributed by atoms with van der Waals surface area (Å²) in [6, 6.07) is 0. The number of hydrogen-bond acceptors (Lipinski definition) is 1. The lowest BCUT2D eigenvalue weighted by atomic mass is 9.98. The van der Waals surface area contributed by atoms with Crippen LogP contribution in [-0.4, -0.2) is 28.8 Å². The number of rotatable bonds is 1. The van der Waals surface area contributed by atoms with E-state index in [4.69, 9.17) is 16.1 Å². The van der Waals surface area contributed by atoms with Crippen molar-refractivity contribution in [3.8, 4) is 0 Å². The van der Waals surface area contributed by atoms with Gasteiger partial charge in [-0.3, -0.25) is 4.57 Å². The fraction of sp³-hybridized carbons (Fsp3) is 1.00. The molecule has 0 aromatic carbocycles. The average Bonchev–Trinajstić information content (AvgIpc) is 2.01. The van der Waals surface area contributed by atoms with Crippen molar-refractivity contribution in [1.82, 2.24) is 4.67 Å². The topological polar surface area (TPSA) is 40.5 Å². The van der Waals surface area contributed by atoms with Crippen molar-refractivity contribution in [1.29, 1.82) is 0 Å². The highest BCUT2D eigenvalue weighted by Gasteiger charge is 2.43. The summed E-state index contributed by atoms with van der Waals surface area (Å²) in [7, 11) is 0. The highest BCUT2D eigenvalue weighted by Crippen LogP contribution is 2.52. The molecule has 0 aromatic rings. The summed E-state index contributed by atoms with van der Waals surface area (Å²) >= 11 is 5.13. The van der Waals surface area contributed by atoms with Gasteiger partial charge in [0.25, 0.3) is 0 Å². The number of hydrogen-bond donors (Lipinski definition) is 1. The van der Waals surface area contributed by atoms with E-state index in [0.29, 0.717) is 0 Å². The Labute approximate surface area is 84.1 Å². The number of piperidine rings is 1. The summed E-state index contributed by atoms with van der Waals surface area (Å²) in [4.78, 5) is 8.90. The van der Waals surface area contributed by atoms with Gasteiger partial charge in [-0.25, -0.2) is 4.67 Å². The Balaban J connectivity index is 2.51. The van der Waals surface area contributed by atoms with E-state index in [1.54, 1.807) is 0 Å². The zero-order valence-electron chi connectivity index (χ0n) is 7.17. The van der Waals surface area contributed by atoms with Crippen molar-refractivity contribution < 1.29 is 22.6 Å². The molecule has 1 rings (SSSR count). The summed E-state index contributed by atoms with van der Waals surface area (Å²) in [5, 5.41) is 0. The molecule has 0 radical (unpaired) electrons. The molecule has 0 saturated carbocycles. The highest BCUT2D eigenvalue weighted by molar-refractivity contribution is 7.82. The van der Waals surface area contributed by atoms with Crippen LogP contribution >= 0.6 is 18.1 Å². The molecule has 84 valence electrons. The molecule has 1 aliphatic heterocycles. The zero-order valence-corrected chi connectivity index (χ0v) is 8.82. The van der Waals surface area contributed by atoms with E-state index in [1.807, 2.05) is 0 Å². The van der Waals surface area contributed by atoms with Gasteiger partial charge in [-0.2, -0.15) is 13.2 Å². The van der Waals surface area contributed by atoms with Gasteiger partial charge in [0.2, 0.25) is 0 Å². The molecular formula is C6H10ClF3NO2P. The quantitative estimate of drug-likeness (QED) is 0.728. The van der Waals surface area contributed by atoms with Crippen LogP contribution in [0, 0.1) is 5.92 Å². The van der Waals surface area contributed by atoms with Crippen molar-refractivity contribution in [3.63, 3.8) is 0 Å². The fourth-order valence-corrected chi connectivity index (χ4v) is 2.62. The molecule has 0 bridgehead atoms. The summed E-state index contributed by atoms with van der Waals surface area (Å²) in [6.07, 6.45) is -4.54. The molecule has 1 saturated heterocycles. The molecule has 8 heteroatoms. The first-order chi connectivity index (χ1) is 6.21. The number of halogens is 4. The lowest BCUT2D eigenvalue weighted by Crippen LogP contribution is -2.36. The maximum Gasteiger partial charge on any atom is 0.391 e. The minimum absolute atomic E-state index is 0.0819. The van der Waals surface area contributed by atoms with Gasteiger partial charge in [-0.05, 0) is 24.1 Å². The maximum atomic E-state index is 12.2. The average molecular weight is 252 g/mol. The monoisotopic (exact) mass is 251 g/mol. The first-order valence-corrected chi connectivity index (χ1v) is 6.57. The third kappa shape index (κ3) is 3.12. The second-order valence-electron chi connectivity index (χ2n) is 3.24. The van der Waals surface area contributed by atoms with Crippen LogP contribution in [0.3, 0.4) is 0 Å². The highest BCUT2D eigenvalue weighted by atomic mass is 35.7. The predicted molar refractivity (Wildman–Crippen MR) is 46.0 cm³/mol. The van der Waals surface area contributed by atoms with E-state index >= 15 is 0 Å². The smallest absolute Gasteiger partial charge is 0.322 e. The summed E-state index contributed by atoms with van der Waals surface area (Å²) in [5.41, 5.74) is 0. The Morgan fingerprint density at radius 2 is 1.79 bits per heavy atom. The molecular weight excluding hydrogens is 241 g/mol. The van der Waals surface area contributed by atoms with E-state index in [9.17, 15) is 17.7 Å². The van der Waals surface area contributed by atoms with Crippen LogP contribution < -0.4 is 0 Å². The Morgan fingerprint density at radius 1 is 1.36 bits per heavy atom. The van der Waals surface area contributed by atoms with Gasteiger partial charge in [0.1, 0.15) is 0 Å². The van der Waals surface area contributed by atoms with Gasteiger partial charge in [0.05, 0.1) is 5.92 Å². The predicted octanol–water partition coefficient (Wildman–Crippen LogP) is 2.60. The maximum absolute atomic E-state index is 12.2. The van der Waals surface area contributed by atoms with Crippen LogP contribution in [0.5, 0.6) is 0 Å². The van der Waals surface area contributed by atoms with Crippen LogP contribution in [-0.2, 0) is 4.57 Å². The largest absolute Gasteiger partial charge is 0.391 e. The normalized spacial score (nSPS) is 26.1. The van der Waals surface area contributed by atoms with Crippen molar-refractivity contribution >= 4 is 18.1 Å². The van der Waals surface area contributed by atoms with Gasteiger partial charge >= 0.3 is 13.0 Å². The fourth-order valence-electron chi connectivity index (χ4n) is 1.44. The van der Waals surface area contributed by atoms with Crippen LogP contribution in [0.15, 0.2) is 0 Å². The molecule has 3 nitrogen and oxygen atoms in total. The van der Waals surface area contributed by atoms with E-state index < -0.39 is 19.0 Å². The molecule has 1 unspecified atom stereocenters. The minimum Gasteiger partial charge on any atom is -0.322 e. The van der Waals surface area contributed by atoms with Crippen molar-refractivity contribution in [3.05, 3.63) is 0 Å². The standard InChI is InChI=1S/C6H10ClF3NO2P/c7-14(12,13)11-3-1-5(2-4-11)6(8,9)10/h5H,1-4H2,(H,12,13). The third-order valence-electron chi connectivity index (χ3n) is 2.28. The molecule has 0 amide bonds. The lowest BCUT2D eigenvalue weighted by molar-refractivity contribution is -0.182. The van der Waals surface area contributed by atoms with Crippen molar-refractivity contribution in [2.24, 2.45) is 5.92 Å². The second kappa shape index (κ2) is 4.00. The van der Waals surface area contributed by atoms with E-state index in [2.05, 4.69) is 0 Å². The number of nitrogens with zero attached hydrogens (tertiary/aromatic N) is 1. The van der Waals surface area contributed by atoms with E-state index in [0.717, 1.165) is 4.67 Å². The lowest BCUT2D eigenvalue weighted by Gasteiger charge is -2.32. The van der Waals surface area contributed by atoms with Gasteiger partial charge in [-0.15, -0.1) is 0 Å². The first kappa shape index (κ1) is 12.3. The van der Waals surface area contributed by atoms with Crippen LogP contribution in [0.2, 0.25) is 0 Å². The van der Waals surface area contributed by atoms with Gasteiger partial charge < -0.3 is 4.89 Å². The van der Waals surface area contributed by atoms with Gasteiger partial charge in [0, 0.05) is 13.1 Å². The number of alkyl halides is 3. The van der Waals surface area contributed by atoms with E-state index in [1.165, 1.54) is 0 Å². The molecule has 1 heterocycles. The van der Waals surface area contributed by atoms with Crippen molar-refractivity contribution in [2.75, 3.05) is 13.1 Å². The van der Waals surface area contributed by atoms with Gasteiger partial charge in [0.15, 0.2) is 0 Å². The van der Waals surface area contributed by atoms with Gasteiger partial charge in [-0.1, -0.05) is 0 Å². The molecule has 0 aromatic heterocycles. The Kier molecular flexibility index (Phi) is 3.52. The SMILES string of the molecule is O=P(O)(Cl)N1CCC(C(F)(F)F)CC1. The summed E-state index contributed by atoms with van der Waals surface area (Å²) < 4.78 is 48.4. The third-order valence-corrected chi connectivity index (χ3v) is 4.02. The molecule has 1 fully saturated rings. The molecule has 1 N–H and O–H groups in total. The van der Waals surface area contributed by atoms with Crippen LogP contribution in [0.1, 0.15) is 12.8 Å². The molecule has 14 heavy (non-hydrogen) atoms. The first-order valence-electron chi connectivity index (χ1n) is 4.06. The molecule has 1 atom stereocenters. The van der Waals surface area contributed by atoms with Crippen LogP contribution in [0.4, 0.5) is 13.2 Å². The Hall–Kier alpha value is 0.230.